The maximum absolute atomic E-state index is 4.64. The lowest BCUT2D eigenvalue weighted by Gasteiger charge is -2.11. The molecule has 0 amide bonds. The number of thiazole rings is 1. The molecular weight excluding hydrogens is 318 g/mol. The van der Waals surface area contributed by atoms with Crippen molar-refractivity contribution >= 4 is 17.3 Å². The molecule has 2 N–H and O–H groups in total. The molecule has 0 bridgehead atoms. The van der Waals surface area contributed by atoms with E-state index in [1.54, 1.807) is 11.3 Å². The molecule has 0 unspecified atom stereocenters. The summed E-state index contributed by atoms with van der Waals surface area (Å²) >= 11 is 1.75. The van der Waals surface area contributed by atoms with Gasteiger partial charge in [-0.2, -0.15) is 0 Å². The predicted octanol–water partition coefficient (Wildman–Crippen LogP) is 2.97. The van der Waals surface area contributed by atoms with E-state index in [0.717, 1.165) is 62.7 Å². The van der Waals surface area contributed by atoms with Gasteiger partial charge in [0.05, 0.1) is 5.01 Å². The fourth-order valence-corrected chi connectivity index (χ4v) is 3.11. The number of nitrogens with zero attached hydrogens (tertiary/aromatic N) is 3. The Morgan fingerprint density at radius 1 is 1.21 bits per heavy atom. The Balaban J connectivity index is 1.66. The first-order valence-electron chi connectivity index (χ1n) is 8.61. The minimum absolute atomic E-state index is 0.835. The smallest absolute Gasteiger partial charge is 0.191 e. The second kappa shape index (κ2) is 10.8. The quantitative estimate of drug-likeness (QED) is 0.417. The number of hydrogen-bond donors (Lipinski definition) is 2. The summed E-state index contributed by atoms with van der Waals surface area (Å²) in [4.78, 5) is 13.5. The van der Waals surface area contributed by atoms with Gasteiger partial charge in [0.1, 0.15) is 0 Å². The number of nitrogens with one attached hydrogen (secondary N) is 2. The fraction of sp³-hybridized carbons (Fsp3) is 0.500. The lowest BCUT2D eigenvalue weighted by molar-refractivity contribution is 0.726. The summed E-state index contributed by atoms with van der Waals surface area (Å²) in [6, 6.07) is 6.01. The highest BCUT2D eigenvalue weighted by Gasteiger charge is 2.00. The van der Waals surface area contributed by atoms with E-state index in [1.165, 1.54) is 5.01 Å². The highest BCUT2D eigenvalue weighted by atomic mass is 32.1. The molecule has 2 aromatic rings. The standard InChI is InChI=1S/C18H27N5S/c1-3-19-18(22-13-10-16-8-4-6-11-20-16)21-12-7-5-9-17-23-15(2)14-24-17/h4,6,8,11,14H,3,5,7,9-10,12-13H2,1-2H3,(H2,19,21,22). The van der Waals surface area contributed by atoms with Crippen molar-refractivity contribution in [2.24, 2.45) is 4.99 Å². The van der Waals surface area contributed by atoms with Crippen LogP contribution in [0, 0.1) is 6.92 Å². The van der Waals surface area contributed by atoms with Gasteiger partial charge in [-0.05, 0) is 45.2 Å². The van der Waals surface area contributed by atoms with Crippen LogP contribution >= 0.6 is 11.3 Å². The van der Waals surface area contributed by atoms with E-state index in [2.05, 4.69) is 37.9 Å². The molecule has 0 saturated heterocycles. The van der Waals surface area contributed by atoms with E-state index in [1.807, 2.05) is 31.3 Å². The second-order valence-corrected chi connectivity index (χ2v) is 6.54. The first kappa shape index (κ1) is 18.4. The van der Waals surface area contributed by atoms with E-state index >= 15 is 0 Å². The molecule has 0 aromatic carbocycles. The van der Waals surface area contributed by atoms with Crippen LogP contribution in [0.25, 0.3) is 0 Å². The van der Waals surface area contributed by atoms with Crippen molar-refractivity contribution in [3.05, 3.63) is 46.2 Å². The Labute approximate surface area is 148 Å². The maximum Gasteiger partial charge on any atom is 0.191 e. The van der Waals surface area contributed by atoms with Crippen LogP contribution in [-0.2, 0) is 12.8 Å². The molecule has 0 aliphatic heterocycles. The Morgan fingerprint density at radius 3 is 2.83 bits per heavy atom. The summed E-state index contributed by atoms with van der Waals surface area (Å²) in [6.45, 7) is 6.67. The van der Waals surface area contributed by atoms with Gasteiger partial charge in [0.25, 0.3) is 0 Å². The SMILES string of the molecule is CCNC(=NCCCCc1nc(C)cs1)NCCc1ccccn1. The maximum atomic E-state index is 4.64. The molecular formula is C18H27N5S. The van der Waals surface area contributed by atoms with E-state index in [-0.39, 0.29) is 0 Å². The second-order valence-electron chi connectivity index (χ2n) is 5.60. The fourth-order valence-electron chi connectivity index (χ4n) is 2.29. The first-order chi connectivity index (χ1) is 11.8. The number of unbranched alkanes of at least 4 members (excludes halogenated alkanes) is 1. The molecule has 0 aliphatic rings. The molecule has 0 atom stereocenters. The lowest BCUT2D eigenvalue weighted by Crippen LogP contribution is -2.38. The zero-order valence-electron chi connectivity index (χ0n) is 14.6. The Morgan fingerprint density at radius 2 is 2.12 bits per heavy atom. The molecule has 2 heterocycles. The van der Waals surface area contributed by atoms with Gasteiger partial charge in [-0.1, -0.05) is 6.07 Å². The van der Waals surface area contributed by atoms with Crippen LogP contribution in [0.2, 0.25) is 0 Å². The number of pyridine rings is 1. The third-order valence-corrected chi connectivity index (χ3v) is 4.51. The number of rotatable bonds is 9. The van der Waals surface area contributed by atoms with Crippen LogP contribution in [0.1, 0.15) is 36.2 Å². The van der Waals surface area contributed by atoms with Gasteiger partial charge in [-0.25, -0.2) is 4.98 Å². The molecule has 2 rings (SSSR count). The highest BCUT2D eigenvalue weighted by Crippen LogP contribution is 2.11. The molecule has 6 heteroatoms. The molecule has 0 radical (unpaired) electrons. The third kappa shape index (κ3) is 7.08. The van der Waals surface area contributed by atoms with Gasteiger partial charge < -0.3 is 10.6 Å². The molecule has 2 aromatic heterocycles. The van der Waals surface area contributed by atoms with Gasteiger partial charge in [-0.3, -0.25) is 9.98 Å². The number of hydrogen-bond acceptors (Lipinski definition) is 4. The van der Waals surface area contributed by atoms with Gasteiger partial charge in [0, 0.05) is 49.0 Å². The van der Waals surface area contributed by atoms with Crippen LogP contribution in [0.4, 0.5) is 0 Å². The highest BCUT2D eigenvalue weighted by molar-refractivity contribution is 7.09. The normalized spacial score (nSPS) is 11.5. The van der Waals surface area contributed by atoms with Crippen LogP contribution in [-0.4, -0.2) is 35.6 Å². The predicted molar refractivity (Wildman–Crippen MR) is 102 cm³/mol. The first-order valence-corrected chi connectivity index (χ1v) is 9.49. The molecule has 5 nitrogen and oxygen atoms in total. The third-order valence-electron chi connectivity index (χ3n) is 3.48. The summed E-state index contributed by atoms with van der Waals surface area (Å²) in [5, 5.41) is 10.0. The molecule has 0 spiro atoms. The molecule has 0 saturated carbocycles. The van der Waals surface area contributed by atoms with E-state index in [4.69, 9.17) is 0 Å². The Bertz CT molecular complexity index is 609. The summed E-state index contributed by atoms with van der Waals surface area (Å²) in [6.07, 6.45) is 5.99. The van der Waals surface area contributed by atoms with Gasteiger partial charge in [0.15, 0.2) is 5.96 Å². The van der Waals surface area contributed by atoms with Gasteiger partial charge in [-0.15, -0.1) is 11.3 Å². The zero-order valence-corrected chi connectivity index (χ0v) is 15.4. The van der Waals surface area contributed by atoms with Crippen LogP contribution < -0.4 is 10.6 Å². The molecule has 0 aliphatic carbocycles. The number of aliphatic imine (C=N–C) groups is 1. The Kier molecular flexibility index (Phi) is 8.24. The minimum atomic E-state index is 0.835. The van der Waals surface area contributed by atoms with E-state index < -0.39 is 0 Å². The van der Waals surface area contributed by atoms with Crippen molar-refractivity contribution in [1.29, 1.82) is 0 Å². The topological polar surface area (TPSA) is 62.2 Å². The average molecular weight is 346 g/mol. The van der Waals surface area contributed by atoms with Gasteiger partial charge >= 0.3 is 0 Å². The minimum Gasteiger partial charge on any atom is -0.357 e. The van der Waals surface area contributed by atoms with Crippen molar-refractivity contribution in [1.82, 2.24) is 20.6 Å². The zero-order chi connectivity index (χ0) is 17.0. The largest absolute Gasteiger partial charge is 0.357 e. The number of aromatic nitrogens is 2. The summed E-state index contributed by atoms with van der Waals surface area (Å²) in [5.74, 6) is 0.888. The van der Waals surface area contributed by atoms with Crippen LogP contribution in [0.15, 0.2) is 34.8 Å². The summed E-state index contributed by atoms with van der Waals surface area (Å²) in [7, 11) is 0. The van der Waals surface area contributed by atoms with Crippen molar-refractivity contribution in [2.75, 3.05) is 19.6 Å². The van der Waals surface area contributed by atoms with E-state index in [9.17, 15) is 0 Å². The Hall–Kier alpha value is -1.95. The van der Waals surface area contributed by atoms with Gasteiger partial charge in [0.2, 0.25) is 0 Å². The number of guanidine groups is 1. The monoisotopic (exact) mass is 345 g/mol. The number of aryl methyl sites for hydroxylation is 2. The lowest BCUT2D eigenvalue weighted by atomic mass is 10.2. The van der Waals surface area contributed by atoms with Crippen molar-refractivity contribution < 1.29 is 0 Å². The average Bonchev–Trinajstić information content (AvgIpc) is 3.01. The molecule has 24 heavy (non-hydrogen) atoms. The van der Waals surface area contributed by atoms with Crippen LogP contribution in [0.3, 0.4) is 0 Å². The van der Waals surface area contributed by atoms with Crippen molar-refractivity contribution in [2.45, 2.75) is 39.5 Å². The summed E-state index contributed by atoms with van der Waals surface area (Å²) in [5.41, 5.74) is 2.22. The van der Waals surface area contributed by atoms with Crippen LogP contribution in [0.5, 0.6) is 0 Å². The molecule has 130 valence electrons. The van der Waals surface area contributed by atoms with Crippen molar-refractivity contribution in [3.8, 4) is 0 Å². The summed E-state index contributed by atoms with van der Waals surface area (Å²) < 4.78 is 0. The molecule has 0 fully saturated rings. The van der Waals surface area contributed by atoms with E-state index in [0.29, 0.717) is 0 Å². The van der Waals surface area contributed by atoms with Crippen molar-refractivity contribution in [3.63, 3.8) is 0 Å².